The number of fused-ring (bicyclic) bond motifs is 1. The van der Waals surface area contributed by atoms with Crippen molar-refractivity contribution < 1.29 is 22.3 Å². The Morgan fingerprint density at radius 1 is 1.17 bits per heavy atom. The van der Waals surface area contributed by atoms with Gasteiger partial charge in [0.1, 0.15) is 11.6 Å². The Balaban J connectivity index is 1.49. The SMILES string of the molecule is CC1(c2cccc(Cl)c2F)N=C2C=CN(Cc3ccc(OC(F)(F)F)cc3)C=C2N1. The number of benzene rings is 2. The fraction of sp³-hybridized carbons (Fsp3) is 0.190. The summed E-state index contributed by atoms with van der Waals surface area (Å²) in [6.45, 7) is 2.18. The van der Waals surface area contributed by atoms with E-state index in [4.69, 9.17) is 11.6 Å². The fourth-order valence-electron chi connectivity index (χ4n) is 3.37. The van der Waals surface area contributed by atoms with Gasteiger partial charge in [0.25, 0.3) is 0 Å². The number of alkyl halides is 3. The zero-order valence-electron chi connectivity index (χ0n) is 15.7. The summed E-state index contributed by atoms with van der Waals surface area (Å²) < 4.78 is 55.2. The lowest BCUT2D eigenvalue weighted by atomic mass is 10.0. The van der Waals surface area contributed by atoms with Gasteiger partial charge < -0.3 is 15.0 Å². The Kier molecular flexibility index (Phi) is 4.97. The highest BCUT2D eigenvalue weighted by Crippen LogP contribution is 2.35. The van der Waals surface area contributed by atoms with Crippen molar-refractivity contribution in [1.29, 1.82) is 0 Å². The van der Waals surface area contributed by atoms with Gasteiger partial charge in [-0.3, -0.25) is 4.99 Å². The summed E-state index contributed by atoms with van der Waals surface area (Å²) in [5, 5.41) is 3.25. The molecule has 1 N–H and O–H groups in total. The molecule has 2 aromatic rings. The second kappa shape index (κ2) is 7.36. The molecule has 0 spiro atoms. The molecule has 0 bridgehead atoms. The monoisotopic (exact) mass is 437 g/mol. The minimum absolute atomic E-state index is 0.0229. The molecule has 1 atom stereocenters. The van der Waals surface area contributed by atoms with Crippen molar-refractivity contribution in [3.05, 3.63) is 88.6 Å². The quantitative estimate of drug-likeness (QED) is 0.645. The summed E-state index contributed by atoms with van der Waals surface area (Å²) >= 11 is 5.91. The Morgan fingerprint density at radius 3 is 2.60 bits per heavy atom. The van der Waals surface area contributed by atoms with Crippen LogP contribution in [0.2, 0.25) is 5.02 Å². The van der Waals surface area contributed by atoms with Gasteiger partial charge >= 0.3 is 6.36 Å². The molecule has 4 rings (SSSR count). The minimum Gasteiger partial charge on any atom is -0.406 e. The predicted molar refractivity (Wildman–Crippen MR) is 105 cm³/mol. The van der Waals surface area contributed by atoms with E-state index in [1.807, 2.05) is 11.1 Å². The summed E-state index contributed by atoms with van der Waals surface area (Å²) in [5.74, 6) is -0.801. The maximum atomic E-state index is 14.5. The molecule has 4 nitrogen and oxygen atoms in total. The number of nitrogens with one attached hydrogen (secondary N) is 1. The smallest absolute Gasteiger partial charge is 0.406 e. The van der Waals surface area contributed by atoms with Crippen LogP contribution in [0.4, 0.5) is 17.6 Å². The molecule has 2 aliphatic rings. The van der Waals surface area contributed by atoms with Gasteiger partial charge in [0, 0.05) is 24.5 Å². The van der Waals surface area contributed by atoms with Gasteiger partial charge in [-0.15, -0.1) is 13.2 Å². The van der Waals surface area contributed by atoms with Crippen molar-refractivity contribution in [3.8, 4) is 5.75 Å². The van der Waals surface area contributed by atoms with E-state index in [0.717, 1.165) is 5.56 Å². The van der Waals surface area contributed by atoms with E-state index in [9.17, 15) is 17.6 Å². The molecule has 0 saturated carbocycles. The van der Waals surface area contributed by atoms with Crippen LogP contribution < -0.4 is 10.1 Å². The maximum absolute atomic E-state index is 14.5. The van der Waals surface area contributed by atoms with Gasteiger partial charge in [-0.1, -0.05) is 35.9 Å². The zero-order chi connectivity index (χ0) is 21.5. The molecule has 0 fully saturated rings. The molecule has 1 unspecified atom stereocenters. The van der Waals surface area contributed by atoms with Crippen molar-refractivity contribution in [1.82, 2.24) is 10.2 Å². The zero-order valence-corrected chi connectivity index (χ0v) is 16.4. The number of allylic oxidation sites excluding steroid dienone is 1. The number of nitrogens with zero attached hydrogens (tertiary/aromatic N) is 2. The second-order valence-electron chi connectivity index (χ2n) is 7.02. The van der Waals surface area contributed by atoms with Crippen LogP contribution in [-0.2, 0) is 12.2 Å². The molecule has 2 heterocycles. The molecular weight excluding hydrogens is 422 g/mol. The summed E-state index contributed by atoms with van der Waals surface area (Å²) in [5.41, 5.74) is 1.48. The molecule has 156 valence electrons. The van der Waals surface area contributed by atoms with Crippen LogP contribution in [0, 0.1) is 5.82 Å². The third kappa shape index (κ3) is 4.14. The molecule has 2 aromatic carbocycles. The molecule has 30 heavy (non-hydrogen) atoms. The molecular formula is C21H16ClF4N3O. The van der Waals surface area contributed by atoms with Crippen LogP contribution >= 0.6 is 11.6 Å². The molecule has 0 saturated heterocycles. The topological polar surface area (TPSA) is 36.9 Å². The molecule has 0 radical (unpaired) electrons. The average molecular weight is 438 g/mol. The van der Waals surface area contributed by atoms with Crippen molar-refractivity contribution in [2.24, 2.45) is 4.99 Å². The lowest BCUT2D eigenvalue weighted by Gasteiger charge is -2.25. The van der Waals surface area contributed by atoms with Gasteiger partial charge in [-0.2, -0.15) is 0 Å². The Hall–Kier alpha value is -3.00. The van der Waals surface area contributed by atoms with Gasteiger partial charge in [-0.25, -0.2) is 4.39 Å². The minimum atomic E-state index is -4.72. The molecule has 0 amide bonds. The van der Waals surface area contributed by atoms with Crippen LogP contribution in [0.5, 0.6) is 5.75 Å². The summed E-state index contributed by atoms with van der Waals surface area (Å²) in [4.78, 5) is 6.45. The fourth-order valence-corrected chi connectivity index (χ4v) is 3.54. The number of ether oxygens (including phenoxy) is 1. The van der Waals surface area contributed by atoms with Crippen LogP contribution in [-0.4, -0.2) is 17.0 Å². The highest BCUT2D eigenvalue weighted by molar-refractivity contribution is 6.30. The van der Waals surface area contributed by atoms with E-state index < -0.39 is 17.8 Å². The van der Waals surface area contributed by atoms with Crippen LogP contribution in [0.3, 0.4) is 0 Å². The van der Waals surface area contributed by atoms with Crippen LogP contribution in [0.1, 0.15) is 18.1 Å². The average Bonchev–Trinajstić information content (AvgIpc) is 3.01. The van der Waals surface area contributed by atoms with E-state index in [2.05, 4.69) is 15.0 Å². The highest BCUT2D eigenvalue weighted by atomic mass is 35.5. The number of aliphatic imine (C=N–C) groups is 1. The van der Waals surface area contributed by atoms with Crippen molar-refractivity contribution in [2.75, 3.05) is 0 Å². The number of halogens is 5. The largest absolute Gasteiger partial charge is 0.573 e. The lowest BCUT2D eigenvalue weighted by molar-refractivity contribution is -0.274. The third-order valence-electron chi connectivity index (χ3n) is 4.72. The summed E-state index contributed by atoms with van der Waals surface area (Å²) in [6.07, 6.45) is 0.675. The third-order valence-corrected chi connectivity index (χ3v) is 5.01. The van der Waals surface area contributed by atoms with E-state index in [-0.39, 0.29) is 10.8 Å². The van der Waals surface area contributed by atoms with E-state index in [1.54, 1.807) is 43.5 Å². The molecule has 0 aliphatic carbocycles. The lowest BCUT2D eigenvalue weighted by Crippen LogP contribution is -2.34. The molecule has 2 aliphatic heterocycles. The highest BCUT2D eigenvalue weighted by Gasteiger charge is 2.37. The van der Waals surface area contributed by atoms with Gasteiger partial charge in [0.15, 0.2) is 5.66 Å². The summed E-state index contributed by atoms with van der Waals surface area (Å²) in [7, 11) is 0. The van der Waals surface area contributed by atoms with Crippen molar-refractivity contribution >= 4 is 17.3 Å². The number of rotatable bonds is 4. The first-order valence-electron chi connectivity index (χ1n) is 8.96. The Bertz CT molecular complexity index is 1060. The molecule has 0 aromatic heterocycles. The Morgan fingerprint density at radius 2 is 1.90 bits per heavy atom. The van der Waals surface area contributed by atoms with Crippen molar-refractivity contribution in [3.63, 3.8) is 0 Å². The van der Waals surface area contributed by atoms with Gasteiger partial charge in [0.2, 0.25) is 0 Å². The first-order valence-corrected chi connectivity index (χ1v) is 9.34. The number of hydrogen-bond donors (Lipinski definition) is 1. The first kappa shape index (κ1) is 20.3. The maximum Gasteiger partial charge on any atom is 0.573 e. The van der Waals surface area contributed by atoms with Crippen LogP contribution in [0.25, 0.3) is 0 Å². The van der Waals surface area contributed by atoms with E-state index in [0.29, 0.717) is 23.5 Å². The molecule has 9 heteroatoms. The first-order chi connectivity index (χ1) is 14.1. The van der Waals surface area contributed by atoms with Crippen LogP contribution in [0.15, 0.2) is 71.6 Å². The normalized spacial score (nSPS) is 20.4. The second-order valence-corrected chi connectivity index (χ2v) is 7.43. The van der Waals surface area contributed by atoms with Crippen molar-refractivity contribution in [2.45, 2.75) is 25.5 Å². The standard InChI is InChI=1S/C21H16ClF4N3O/c1-20(15-3-2-4-16(22)19(15)23)27-17-9-10-29(12-18(17)28-20)11-13-5-7-14(8-6-13)30-21(24,25)26/h2-10,12,28H,11H2,1H3. The predicted octanol–water partition coefficient (Wildman–Crippen LogP) is 5.47. The van der Waals surface area contributed by atoms with Gasteiger partial charge in [0.05, 0.1) is 16.4 Å². The van der Waals surface area contributed by atoms with Gasteiger partial charge in [-0.05, 0) is 36.8 Å². The Labute approximate surface area is 175 Å². The summed E-state index contributed by atoms with van der Waals surface area (Å²) in [6, 6.07) is 10.4. The van der Waals surface area contributed by atoms with E-state index in [1.165, 1.54) is 18.2 Å². The number of hydrogen-bond acceptors (Lipinski definition) is 4. The van der Waals surface area contributed by atoms with E-state index >= 15 is 0 Å².